The van der Waals surface area contributed by atoms with Gasteiger partial charge in [-0.1, -0.05) is 19.7 Å². The van der Waals surface area contributed by atoms with Crippen LogP contribution in [0.1, 0.15) is 20.8 Å². The minimum absolute atomic E-state index is 0.361. The third-order valence-electron chi connectivity index (χ3n) is 1.70. The van der Waals surface area contributed by atoms with Gasteiger partial charge in [-0.2, -0.15) is 14.7 Å². The van der Waals surface area contributed by atoms with Gasteiger partial charge < -0.3 is 15.3 Å². The minimum atomic E-state index is -0.954. The molecule has 12 heteroatoms. The molecule has 0 aromatic carbocycles. The smallest absolute Gasteiger partial charge is 0.365 e. The van der Waals surface area contributed by atoms with Crippen molar-refractivity contribution in [2.45, 2.75) is 26.9 Å². The third-order valence-corrected chi connectivity index (χ3v) is 1.70. The van der Waals surface area contributed by atoms with Crippen LogP contribution in [0.15, 0.2) is 38.0 Å². The number of aliphatic hydroxyl groups excluding tert-OH is 3. The Kier molecular flexibility index (Phi) is 36.1. The van der Waals surface area contributed by atoms with E-state index in [9.17, 15) is 14.4 Å². The molecule has 12 nitrogen and oxygen atoms in total. The first-order valence-corrected chi connectivity index (χ1v) is 8.51. The van der Waals surface area contributed by atoms with Gasteiger partial charge in [-0.3, -0.25) is 14.7 Å². The van der Waals surface area contributed by atoms with Crippen molar-refractivity contribution in [2.75, 3.05) is 33.0 Å². The SMILES string of the molecule is C=CC(=O)OOCC.C=CC(=O)OOCC.C=CC(=O)OOCC.OCC(O)CO. The van der Waals surface area contributed by atoms with Crippen LogP contribution in [-0.2, 0) is 43.7 Å². The highest BCUT2D eigenvalue weighted by molar-refractivity contribution is 5.81. The Labute approximate surface area is 175 Å². The topological polar surface area (TPSA) is 167 Å². The average molecular weight is 440 g/mol. The number of aliphatic hydroxyl groups is 3. The van der Waals surface area contributed by atoms with Crippen LogP contribution >= 0.6 is 0 Å². The van der Waals surface area contributed by atoms with Crippen molar-refractivity contribution in [3.05, 3.63) is 38.0 Å². The molecule has 176 valence electrons. The molecule has 3 N–H and O–H groups in total. The molecule has 0 fully saturated rings. The van der Waals surface area contributed by atoms with E-state index in [2.05, 4.69) is 49.1 Å². The molecule has 0 amide bonds. The quantitative estimate of drug-likeness (QED) is 0.229. The lowest BCUT2D eigenvalue weighted by Gasteiger charge is -1.96. The summed E-state index contributed by atoms with van der Waals surface area (Å²) in [7, 11) is 0. The second kappa shape index (κ2) is 31.1. The maximum absolute atomic E-state index is 10.1. The Bertz CT molecular complexity index is 389. The van der Waals surface area contributed by atoms with Gasteiger partial charge in [0.2, 0.25) is 0 Å². The Morgan fingerprint density at radius 1 is 0.700 bits per heavy atom. The molecule has 0 aliphatic heterocycles. The first-order chi connectivity index (χ1) is 14.2. The van der Waals surface area contributed by atoms with E-state index >= 15 is 0 Å². The van der Waals surface area contributed by atoms with Crippen molar-refractivity contribution < 1.29 is 59.0 Å². The predicted octanol–water partition coefficient (Wildman–Crippen LogP) is 0.333. The molecule has 0 aliphatic carbocycles. The molecule has 0 saturated carbocycles. The molecular formula is C18H32O12. The van der Waals surface area contributed by atoms with Crippen molar-refractivity contribution in [3.8, 4) is 0 Å². The zero-order valence-corrected chi connectivity index (χ0v) is 17.5. The van der Waals surface area contributed by atoms with Crippen LogP contribution in [0.2, 0.25) is 0 Å². The molecule has 0 radical (unpaired) electrons. The molecule has 0 unspecified atom stereocenters. The van der Waals surface area contributed by atoms with E-state index in [1.165, 1.54) is 0 Å². The van der Waals surface area contributed by atoms with Crippen molar-refractivity contribution in [1.82, 2.24) is 0 Å². The van der Waals surface area contributed by atoms with Crippen LogP contribution in [0.25, 0.3) is 0 Å². The zero-order chi connectivity index (χ0) is 24.2. The number of hydrogen-bond donors (Lipinski definition) is 3. The monoisotopic (exact) mass is 440 g/mol. The van der Waals surface area contributed by atoms with Gasteiger partial charge >= 0.3 is 17.9 Å². The summed E-state index contributed by atoms with van der Waals surface area (Å²) in [5.74, 6) is -1.69. The molecule has 0 atom stereocenters. The van der Waals surface area contributed by atoms with Gasteiger partial charge in [0.25, 0.3) is 0 Å². The first-order valence-electron chi connectivity index (χ1n) is 8.51. The maximum atomic E-state index is 10.1. The van der Waals surface area contributed by atoms with Crippen LogP contribution < -0.4 is 0 Å². The van der Waals surface area contributed by atoms with Crippen LogP contribution in [0.4, 0.5) is 0 Å². The number of carbonyl (C=O) groups excluding carboxylic acids is 3. The summed E-state index contributed by atoms with van der Waals surface area (Å²) >= 11 is 0. The average Bonchev–Trinajstić information content (AvgIpc) is 2.79. The summed E-state index contributed by atoms with van der Waals surface area (Å²) in [6, 6.07) is 0. The highest BCUT2D eigenvalue weighted by Gasteiger charge is 1.94. The van der Waals surface area contributed by atoms with E-state index in [-0.39, 0.29) is 13.2 Å². The number of rotatable bonds is 11. The van der Waals surface area contributed by atoms with Crippen LogP contribution in [-0.4, -0.2) is 72.4 Å². The van der Waals surface area contributed by atoms with Gasteiger partial charge in [-0.25, -0.2) is 14.4 Å². The number of hydrogen-bond acceptors (Lipinski definition) is 12. The van der Waals surface area contributed by atoms with Gasteiger partial charge in [0.1, 0.15) is 6.10 Å². The van der Waals surface area contributed by atoms with Gasteiger partial charge in [0, 0.05) is 18.2 Å². The molecule has 30 heavy (non-hydrogen) atoms. The molecule has 0 saturated heterocycles. The number of carbonyl (C=O) groups is 3. The Morgan fingerprint density at radius 2 is 0.933 bits per heavy atom. The highest BCUT2D eigenvalue weighted by atomic mass is 17.2. The molecule has 0 heterocycles. The van der Waals surface area contributed by atoms with Crippen molar-refractivity contribution in [3.63, 3.8) is 0 Å². The molecular weight excluding hydrogens is 408 g/mol. The predicted molar refractivity (Wildman–Crippen MR) is 104 cm³/mol. The normalized spacial score (nSPS) is 8.50. The highest BCUT2D eigenvalue weighted by Crippen LogP contribution is 1.80. The van der Waals surface area contributed by atoms with Gasteiger partial charge in [0.05, 0.1) is 33.0 Å². The second-order valence-corrected chi connectivity index (χ2v) is 4.06. The van der Waals surface area contributed by atoms with Gasteiger partial charge in [-0.05, 0) is 20.8 Å². The lowest BCUT2D eigenvalue weighted by atomic mass is 10.4. The zero-order valence-electron chi connectivity index (χ0n) is 17.5. The van der Waals surface area contributed by atoms with Crippen LogP contribution in [0.3, 0.4) is 0 Å². The summed E-state index contributed by atoms with van der Waals surface area (Å²) in [6.45, 7) is 15.0. The Morgan fingerprint density at radius 3 is 1.03 bits per heavy atom. The van der Waals surface area contributed by atoms with E-state index in [1.54, 1.807) is 20.8 Å². The van der Waals surface area contributed by atoms with E-state index in [0.717, 1.165) is 18.2 Å². The molecule has 0 aromatic rings. The van der Waals surface area contributed by atoms with E-state index in [1.807, 2.05) is 0 Å². The van der Waals surface area contributed by atoms with Gasteiger partial charge in [-0.15, -0.1) is 0 Å². The minimum Gasteiger partial charge on any atom is -0.394 e. The van der Waals surface area contributed by atoms with Crippen LogP contribution in [0.5, 0.6) is 0 Å². The van der Waals surface area contributed by atoms with Gasteiger partial charge in [0.15, 0.2) is 0 Å². The standard InChI is InChI=1S/3C5H8O3.C3H8O3/c3*1-3-5(6)8-7-4-2;4-1-3(6)2-5/h3*3H,1,4H2,2H3;3-6H,1-2H2. The fourth-order valence-electron chi connectivity index (χ4n) is 0.511. The largest absolute Gasteiger partial charge is 0.394 e. The summed E-state index contributed by atoms with van der Waals surface area (Å²) in [6.07, 6.45) is 2.16. The molecule has 0 aromatic heterocycles. The lowest BCUT2D eigenvalue weighted by molar-refractivity contribution is -0.264. The summed E-state index contributed by atoms with van der Waals surface area (Å²) in [5, 5.41) is 24.0. The summed E-state index contributed by atoms with van der Waals surface area (Å²) in [4.78, 5) is 55.4. The van der Waals surface area contributed by atoms with Crippen molar-refractivity contribution in [2.24, 2.45) is 0 Å². The second-order valence-electron chi connectivity index (χ2n) is 4.06. The van der Waals surface area contributed by atoms with E-state index in [0.29, 0.717) is 19.8 Å². The molecule has 0 aliphatic rings. The lowest BCUT2D eigenvalue weighted by Crippen LogP contribution is -2.15. The van der Waals surface area contributed by atoms with Crippen molar-refractivity contribution in [1.29, 1.82) is 0 Å². The fraction of sp³-hybridized carbons (Fsp3) is 0.500. The third kappa shape index (κ3) is 40.2. The molecule has 0 spiro atoms. The molecule has 0 rings (SSSR count). The fourth-order valence-corrected chi connectivity index (χ4v) is 0.511. The molecule has 0 bridgehead atoms. The van der Waals surface area contributed by atoms with E-state index < -0.39 is 24.0 Å². The maximum Gasteiger partial charge on any atom is 0.365 e. The van der Waals surface area contributed by atoms with E-state index in [4.69, 9.17) is 15.3 Å². The summed E-state index contributed by atoms with van der Waals surface area (Å²) < 4.78 is 0. The first kappa shape index (κ1) is 34.9. The van der Waals surface area contributed by atoms with Crippen molar-refractivity contribution >= 4 is 17.9 Å². The Balaban J connectivity index is -0.000000151. The van der Waals surface area contributed by atoms with Crippen LogP contribution in [0, 0.1) is 0 Å². The summed E-state index contributed by atoms with van der Waals surface area (Å²) in [5.41, 5.74) is 0. The Hall–Kier alpha value is -2.61.